The molecule has 4 rings (SSSR count). The van der Waals surface area contributed by atoms with E-state index in [1.54, 1.807) is 13.3 Å². The number of rotatable bonds is 5. The molecule has 1 aromatic heterocycles. The molecule has 2 heterocycles. The van der Waals surface area contributed by atoms with Gasteiger partial charge in [-0.05, 0) is 44.0 Å². The molecule has 0 bridgehead atoms. The van der Waals surface area contributed by atoms with Gasteiger partial charge in [0.1, 0.15) is 0 Å². The summed E-state index contributed by atoms with van der Waals surface area (Å²) in [6, 6.07) is 12.8. The van der Waals surface area contributed by atoms with Crippen LogP contribution in [0.5, 0.6) is 0 Å². The van der Waals surface area contributed by atoms with Crippen molar-refractivity contribution in [1.82, 2.24) is 20.2 Å². The van der Waals surface area contributed by atoms with Gasteiger partial charge >= 0.3 is 12.0 Å². The molecule has 0 radical (unpaired) electrons. The van der Waals surface area contributed by atoms with Gasteiger partial charge in [-0.3, -0.25) is 0 Å². The first-order valence-corrected chi connectivity index (χ1v) is 9.92. The number of hydrogen-bond donors (Lipinski definition) is 2. The summed E-state index contributed by atoms with van der Waals surface area (Å²) in [6.07, 6.45) is 1.71. The van der Waals surface area contributed by atoms with Crippen LogP contribution in [-0.4, -0.2) is 28.2 Å². The number of urea groups is 1. The van der Waals surface area contributed by atoms with Gasteiger partial charge in [0.25, 0.3) is 0 Å². The fourth-order valence-corrected chi connectivity index (χ4v) is 3.80. The van der Waals surface area contributed by atoms with Gasteiger partial charge in [-0.15, -0.1) is 0 Å². The van der Waals surface area contributed by atoms with Crippen molar-refractivity contribution >= 4 is 23.0 Å². The predicted molar refractivity (Wildman–Crippen MR) is 114 cm³/mol. The fraction of sp³-hybridized carbons (Fsp3) is 0.261. The Kier molecular flexibility index (Phi) is 5.27. The molecule has 1 aliphatic rings. The number of aryl methyl sites for hydroxylation is 2. The van der Waals surface area contributed by atoms with Crippen molar-refractivity contribution in [3.8, 4) is 0 Å². The maximum Gasteiger partial charge on any atom is 0.338 e. The van der Waals surface area contributed by atoms with E-state index < -0.39 is 12.0 Å². The number of carbonyl (C=O) groups excluding carboxylic acids is 2. The van der Waals surface area contributed by atoms with Crippen LogP contribution in [0.3, 0.4) is 0 Å². The first-order valence-electron chi connectivity index (χ1n) is 9.92. The summed E-state index contributed by atoms with van der Waals surface area (Å²) in [5.74, 6) is -0.449. The van der Waals surface area contributed by atoms with E-state index in [9.17, 15) is 9.59 Å². The summed E-state index contributed by atoms with van der Waals surface area (Å²) in [4.78, 5) is 29.9. The van der Waals surface area contributed by atoms with Crippen molar-refractivity contribution in [3.63, 3.8) is 0 Å². The number of esters is 1. The number of benzene rings is 2. The number of nitrogens with one attached hydrogen (secondary N) is 2. The SMILES string of the molecule is CCOC(=O)C1=C(Cn2cnc3ccccc32)NC(=O)N[C@@H]1c1cc(C)ccc1C. The molecule has 0 spiro atoms. The molecule has 30 heavy (non-hydrogen) atoms. The molecule has 0 saturated carbocycles. The van der Waals surface area contributed by atoms with Gasteiger partial charge in [0.05, 0.1) is 47.8 Å². The summed E-state index contributed by atoms with van der Waals surface area (Å²) in [5.41, 5.74) is 5.59. The normalized spacial score (nSPS) is 16.4. The number of hydrogen-bond acceptors (Lipinski definition) is 4. The Bertz CT molecular complexity index is 1160. The quantitative estimate of drug-likeness (QED) is 0.637. The number of fused-ring (bicyclic) bond motifs is 1. The summed E-state index contributed by atoms with van der Waals surface area (Å²) < 4.78 is 7.27. The smallest absolute Gasteiger partial charge is 0.338 e. The monoisotopic (exact) mass is 404 g/mol. The topological polar surface area (TPSA) is 85.2 Å². The predicted octanol–water partition coefficient (Wildman–Crippen LogP) is 3.52. The Hall–Kier alpha value is -3.61. The van der Waals surface area contributed by atoms with E-state index in [1.807, 2.05) is 60.9 Å². The van der Waals surface area contributed by atoms with Crippen molar-refractivity contribution in [1.29, 1.82) is 0 Å². The summed E-state index contributed by atoms with van der Waals surface area (Å²) in [6.45, 7) is 6.26. The molecule has 7 heteroatoms. The maximum atomic E-state index is 13.0. The second-order valence-corrected chi connectivity index (χ2v) is 7.37. The van der Waals surface area contributed by atoms with Gasteiger partial charge in [0.2, 0.25) is 0 Å². The first kappa shape index (κ1) is 19.7. The third-order valence-electron chi connectivity index (χ3n) is 5.25. The maximum absolute atomic E-state index is 13.0. The van der Waals surface area contributed by atoms with Crippen molar-refractivity contribution in [2.45, 2.75) is 33.4 Å². The van der Waals surface area contributed by atoms with Gasteiger partial charge in [0.15, 0.2) is 0 Å². The Labute approximate surface area is 174 Å². The van der Waals surface area contributed by atoms with Crippen LogP contribution in [0.2, 0.25) is 0 Å². The van der Waals surface area contributed by atoms with E-state index in [0.717, 1.165) is 27.7 Å². The van der Waals surface area contributed by atoms with Crippen LogP contribution in [0.1, 0.15) is 29.7 Å². The van der Waals surface area contributed by atoms with E-state index in [1.165, 1.54) is 0 Å². The van der Waals surface area contributed by atoms with Crippen LogP contribution in [0.15, 0.2) is 60.1 Å². The van der Waals surface area contributed by atoms with E-state index in [0.29, 0.717) is 17.8 Å². The molecule has 0 unspecified atom stereocenters. The highest BCUT2D eigenvalue weighted by Gasteiger charge is 2.34. The highest BCUT2D eigenvalue weighted by atomic mass is 16.5. The van der Waals surface area contributed by atoms with E-state index in [2.05, 4.69) is 15.6 Å². The molecule has 3 aromatic rings. The Balaban J connectivity index is 1.85. The summed E-state index contributed by atoms with van der Waals surface area (Å²) >= 11 is 0. The molecule has 1 aliphatic heterocycles. The molecule has 1 atom stereocenters. The third-order valence-corrected chi connectivity index (χ3v) is 5.25. The highest BCUT2D eigenvalue weighted by molar-refractivity contribution is 5.95. The molecule has 7 nitrogen and oxygen atoms in total. The zero-order chi connectivity index (χ0) is 21.3. The number of amides is 2. The number of allylic oxidation sites excluding steroid dienone is 1. The molecule has 2 amide bonds. The number of para-hydroxylation sites is 2. The van der Waals surface area contributed by atoms with Crippen LogP contribution < -0.4 is 10.6 Å². The average Bonchev–Trinajstić information content (AvgIpc) is 3.12. The molecular formula is C23H24N4O3. The number of aromatic nitrogens is 2. The van der Waals surface area contributed by atoms with Crippen LogP contribution in [0.4, 0.5) is 4.79 Å². The van der Waals surface area contributed by atoms with Crippen molar-refractivity contribution < 1.29 is 14.3 Å². The summed E-state index contributed by atoms with van der Waals surface area (Å²) in [5, 5.41) is 5.73. The lowest BCUT2D eigenvalue weighted by molar-refractivity contribution is -0.139. The summed E-state index contributed by atoms with van der Waals surface area (Å²) in [7, 11) is 0. The minimum absolute atomic E-state index is 0.247. The highest BCUT2D eigenvalue weighted by Crippen LogP contribution is 2.31. The number of nitrogens with zero attached hydrogens (tertiary/aromatic N) is 2. The van der Waals surface area contributed by atoms with E-state index in [-0.39, 0.29) is 12.6 Å². The lowest BCUT2D eigenvalue weighted by atomic mass is 9.91. The molecule has 0 fully saturated rings. The van der Waals surface area contributed by atoms with Crippen LogP contribution in [-0.2, 0) is 16.1 Å². The minimum Gasteiger partial charge on any atom is -0.463 e. The van der Waals surface area contributed by atoms with Crippen LogP contribution in [0.25, 0.3) is 11.0 Å². The van der Waals surface area contributed by atoms with Gasteiger partial charge in [-0.2, -0.15) is 0 Å². The number of carbonyl (C=O) groups is 2. The molecule has 154 valence electrons. The van der Waals surface area contributed by atoms with Gasteiger partial charge in [-0.25, -0.2) is 14.6 Å². The van der Waals surface area contributed by atoms with Gasteiger partial charge in [-0.1, -0.05) is 35.9 Å². The number of ether oxygens (including phenoxy) is 1. The minimum atomic E-state index is -0.595. The lowest BCUT2D eigenvalue weighted by Crippen LogP contribution is -2.47. The number of imidazole rings is 1. The van der Waals surface area contributed by atoms with Crippen LogP contribution in [0, 0.1) is 13.8 Å². The van der Waals surface area contributed by atoms with E-state index in [4.69, 9.17) is 4.74 Å². The second-order valence-electron chi connectivity index (χ2n) is 7.37. The fourth-order valence-electron chi connectivity index (χ4n) is 3.80. The Morgan fingerprint density at radius 1 is 1.20 bits per heavy atom. The standard InChI is InChI=1S/C23H24N4O3/c1-4-30-22(28)20-18(12-27-13-24-17-7-5-6-8-19(17)27)25-23(29)26-21(20)16-11-14(2)9-10-15(16)3/h5-11,13,21H,4,12H2,1-3H3,(H2,25,26,29)/t21-/m1/s1. The average molecular weight is 404 g/mol. The van der Waals surface area contributed by atoms with Crippen molar-refractivity contribution in [2.24, 2.45) is 0 Å². The first-order chi connectivity index (χ1) is 14.5. The van der Waals surface area contributed by atoms with Crippen LogP contribution >= 0.6 is 0 Å². The molecule has 0 aliphatic carbocycles. The Morgan fingerprint density at radius 2 is 2.00 bits per heavy atom. The molecular weight excluding hydrogens is 380 g/mol. The largest absolute Gasteiger partial charge is 0.463 e. The molecule has 2 N–H and O–H groups in total. The zero-order valence-electron chi connectivity index (χ0n) is 17.2. The molecule has 0 saturated heterocycles. The van der Waals surface area contributed by atoms with Gasteiger partial charge < -0.3 is 19.9 Å². The third kappa shape index (κ3) is 3.66. The van der Waals surface area contributed by atoms with E-state index >= 15 is 0 Å². The van der Waals surface area contributed by atoms with Gasteiger partial charge in [0, 0.05) is 0 Å². The second kappa shape index (κ2) is 8.02. The van der Waals surface area contributed by atoms with Crippen molar-refractivity contribution in [3.05, 3.63) is 76.8 Å². The zero-order valence-corrected chi connectivity index (χ0v) is 17.2. The Morgan fingerprint density at radius 3 is 2.80 bits per heavy atom. The lowest BCUT2D eigenvalue weighted by Gasteiger charge is -2.30. The molecule has 2 aromatic carbocycles. The van der Waals surface area contributed by atoms with Crippen molar-refractivity contribution in [2.75, 3.05) is 6.61 Å².